The number of methoxy groups -OCH3 is 3. The summed E-state index contributed by atoms with van der Waals surface area (Å²) in [4.78, 5) is 12.5. The zero-order valence-electron chi connectivity index (χ0n) is 13.8. The largest absolute Gasteiger partial charge is 0.504 e. The molecule has 1 heterocycles. The van der Waals surface area contributed by atoms with Gasteiger partial charge in [-0.3, -0.25) is 4.79 Å². The van der Waals surface area contributed by atoms with Gasteiger partial charge in [0.05, 0.1) is 21.3 Å². The summed E-state index contributed by atoms with van der Waals surface area (Å²) < 4.78 is 21.0. The zero-order chi connectivity index (χ0) is 18.1. The first-order valence-corrected chi connectivity index (χ1v) is 7.29. The van der Waals surface area contributed by atoms with E-state index >= 15 is 0 Å². The Balaban J connectivity index is 2.26. The van der Waals surface area contributed by atoms with Gasteiger partial charge in [0, 0.05) is 11.6 Å². The Morgan fingerprint density at radius 1 is 0.840 bits per heavy atom. The molecular weight excluding hydrogens is 328 g/mol. The first kappa shape index (κ1) is 16.5. The standard InChI is InChI=1S/C18H16O7/c1-22-12-5-4-11-16(18(12)21)10(19)8-13(25-11)9-6-14(23-2)17(20)15(7-9)24-3/h4-8,20-21H,1-3H3. The van der Waals surface area contributed by atoms with Crippen molar-refractivity contribution in [1.82, 2.24) is 0 Å². The quantitative estimate of drug-likeness (QED) is 0.751. The maximum absolute atomic E-state index is 12.5. The summed E-state index contributed by atoms with van der Waals surface area (Å²) in [5.74, 6) is 0.337. The topological polar surface area (TPSA) is 98.4 Å². The van der Waals surface area contributed by atoms with Gasteiger partial charge in [0.2, 0.25) is 5.75 Å². The molecule has 1 aromatic heterocycles. The van der Waals surface area contributed by atoms with Gasteiger partial charge in [-0.1, -0.05) is 0 Å². The van der Waals surface area contributed by atoms with E-state index in [1.807, 2.05) is 0 Å². The van der Waals surface area contributed by atoms with Gasteiger partial charge in [0.1, 0.15) is 16.7 Å². The van der Waals surface area contributed by atoms with Crippen LogP contribution in [0.25, 0.3) is 22.3 Å². The molecule has 0 bridgehead atoms. The summed E-state index contributed by atoms with van der Waals surface area (Å²) in [5.41, 5.74) is 0.242. The van der Waals surface area contributed by atoms with E-state index < -0.39 is 5.43 Å². The van der Waals surface area contributed by atoms with Crippen LogP contribution in [0, 0.1) is 0 Å². The van der Waals surface area contributed by atoms with Crippen LogP contribution in [0.1, 0.15) is 0 Å². The summed E-state index contributed by atoms with van der Waals surface area (Å²) in [5, 5.41) is 20.2. The number of rotatable bonds is 4. The molecule has 2 N–H and O–H groups in total. The molecule has 2 aromatic carbocycles. The van der Waals surface area contributed by atoms with Crippen molar-refractivity contribution in [1.29, 1.82) is 0 Å². The first-order valence-electron chi connectivity index (χ1n) is 7.29. The van der Waals surface area contributed by atoms with Gasteiger partial charge in [0.25, 0.3) is 0 Å². The molecule has 0 unspecified atom stereocenters. The molecule has 0 saturated heterocycles. The van der Waals surface area contributed by atoms with Crippen molar-refractivity contribution in [3.63, 3.8) is 0 Å². The molecule has 0 radical (unpaired) electrons. The van der Waals surface area contributed by atoms with E-state index in [2.05, 4.69) is 0 Å². The minimum Gasteiger partial charge on any atom is -0.504 e. The molecule has 0 amide bonds. The molecule has 7 nitrogen and oxygen atoms in total. The van der Waals surface area contributed by atoms with Gasteiger partial charge in [-0.25, -0.2) is 0 Å². The summed E-state index contributed by atoms with van der Waals surface area (Å²) in [6.07, 6.45) is 0. The number of fused-ring (bicyclic) bond motifs is 1. The number of phenols is 2. The van der Waals surface area contributed by atoms with E-state index in [9.17, 15) is 15.0 Å². The second-order valence-corrected chi connectivity index (χ2v) is 5.19. The highest BCUT2D eigenvalue weighted by Gasteiger charge is 2.17. The Kier molecular flexibility index (Phi) is 4.14. The zero-order valence-corrected chi connectivity index (χ0v) is 13.8. The Bertz CT molecular complexity index is 979. The molecule has 3 rings (SSSR count). The number of ether oxygens (including phenoxy) is 3. The van der Waals surface area contributed by atoms with E-state index in [1.54, 1.807) is 0 Å². The van der Waals surface area contributed by atoms with Crippen LogP contribution in [0.3, 0.4) is 0 Å². The second kappa shape index (κ2) is 6.27. The summed E-state index contributed by atoms with van der Waals surface area (Å²) >= 11 is 0. The summed E-state index contributed by atoms with van der Waals surface area (Å²) in [6, 6.07) is 7.32. The lowest BCUT2D eigenvalue weighted by Crippen LogP contribution is -2.02. The monoisotopic (exact) mass is 344 g/mol. The average molecular weight is 344 g/mol. The van der Waals surface area contributed by atoms with Crippen LogP contribution in [0.4, 0.5) is 0 Å². The molecule has 0 saturated carbocycles. The summed E-state index contributed by atoms with van der Waals surface area (Å²) in [7, 11) is 4.20. The third-order valence-electron chi connectivity index (χ3n) is 3.82. The van der Waals surface area contributed by atoms with Crippen LogP contribution in [-0.4, -0.2) is 31.5 Å². The van der Waals surface area contributed by atoms with Crippen molar-refractivity contribution in [3.8, 4) is 40.1 Å². The molecule has 3 aromatic rings. The highest BCUT2D eigenvalue weighted by molar-refractivity contribution is 5.87. The fourth-order valence-electron chi connectivity index (χ4n) is 2.56. The minimum atomic E-state index is -0.432. The van der Waals surface area contributed by atoms with Gasteiger partial charge < -0.3 is 28.8 Å². The molecule has 130 valence electrons. The number of hydrogen-bond donors (Lipinski definition) is 2. The normalized spacial score (nSPS) is 10.7. The molecule has 0 aliphatic heterocycles. The van der Waals surface area contributed by atoms with Crippen LogP contribution in [-0.2, 0) is 0 Å². The Labute approximate surface area is 142 Å². The summed E-state index contributed by atoms with van der Waals surface area (Å²) in [6.45, 7) is 0. The van der Waals surface area contributed by atoms with E-state index in [4.69, 9.17) is 18.6 Å². The Hall–Kier alpha value is -3.35. The van der Waals surface area contributed by atoms with Gasteiger partial charge in [-0.05, 0) is 24.3 Å². The second-order valence-electron chi connectivity index (χ2n) is 5.19. The van der Waals surface area contributed by atoms with E-state index in [0.717, 1.165) is 0 Å². The van der Waals surface area contributed by atoms with Crippen molar-refractivity contribution in [3.05, 3.63) is 40.6 Å². The van der Waals surface area contributed by atoms with Crippen LogP contribution < -0.4 is 19.6 Å². The van der Waals surface area contributed by atoms with Gasteiger partial charge >= 0.3 is 0 Å². The van der Waals surface area contributed by atoms with Crippen LogP contribution in [0.2, 0.25) is 0 Å². The van der Waals surface area contributed by atoms with Crippen LogP contribution in [0.15, 0.2) is 39.5 Å². The van der Waals surface area contributed by atoms with Crippen molar-refractivity contribution >= 4 is 11.0 Å². The number of benzene rings is 2. The van der Waals surface area contributed by atoms with Crippen molar-refractivity contribution < 1.29 is 28.8 Å². The molecule has 7 heteroatoms. The molecule has 0 fully saturated rings. The van der Waals surface area contributed by atoms with Gasteiger partial charge in [-0.15, -0.1) is 0 Å². The smallest absolute Gasteiger partial charge is 0.200 e. The predicted octanol–water partition coefficient (Wildman–Crippen LogP) is 2.90. The highest BCUT2D eigenvalue weighted by Crippen LogP contribution is 2.41. The molecule has 0 spiro atoms. The average Bonchev–Trinajstić information content (AvgIpc) is 2.61. The molecule has 0 aliphatic carbocycles. The maximum atomic E-state index is 12.5. The van der Waals surface area contributed by atoms with Crippen molar-refractivity contribution in [2.75, 3.05) is 21.3 Å². The molecule has 25 heavy (non-hydrogen) atoms. The maximum Gasteiger partial charge on any atom is 0.200 e. The van der Waals surface area contributed by atoms with Crippen LogP contribution >= 0.6 is 0 Å². The third-order valence-corrected chi connectivity index (χ3v) is 3.82. The van der Waals surface area contributed by atoms with Crippen LogP contribution in [0.5, 0.6) is 28.7 Å². The predicted molar refractivity (Wildman–Crippen MR) is 90.9 cm³/mol. The molecular formula is C18H16O7. The number of phenolic OH excluding ortho intramolecular Hbond substituents is 2. The van der Waals surface area contributed by atoms with E-state index in [0.29, 0.717) is 5.56 Å². The van der Waals surface area contributed by atoms with E-state index in [-0.39, 0.29) is 45.5 Å². The fraction of sp³-hybridized carbons (Fsp3) is 0.167. The lowest BCUT2D eigenvalue weighted by molar-refractivity contribution is 0.340. The van der Waals surface area contributed by atoms with Gasteiger partial charge in [0.15, 0.2) is 28.4 Å². The molecule has 0 aliphatic rings. The Morgan fingerprint density at radius 2 is 1.44 bits per heavy atom. The van der Waals surface area contributed by atoms with Crippen molar-refractivity contribution in [2.45, 2.75) is 0 Å². The van der Waals surface area contributed by atoms with Crippen molar-refractivity contribution in [2.24, 2.45) is 0 Å². The minimum absolute atomic E-state index is 0.0285. The fourth-order valence-corrected chi connectivity index (χ4v) is 2.56. The molecule has 0 atom stereocenters. The van der Waals surface area contributed by atoms with E-state index in [1.165, 1.54) is 51.7 Å². The first-order chi connectivity index (χ1) is 12.0. The van der Waals surface area contributed by atoms with Gasteiger partial charge in [-0.2, -0.15) is 0 Å². The third kappa shape index (κ3) is 2.69. The number of aromatic hydroxyl groups is 2. The Morgan fingerprint density at radius 3 is 2.00 bits per heavy atom. The lowest BCUT2D eigenvalue weighted by atomic mass is 10.1. The number of hydrogen-bond acceptors (Lipinski definition) is 7. The lowest BCUT2D eigenvalue weighted by Gasteiger charge is -2.11. The highest BCUT2D eigenvalue weighted by atomic mass is 16.5. The SMILES string of the molecule is COc1cc(-c2cc(=O)c3c(O)c(OC)ccc3o2)cc(OC)c1O.